The SMILES string of the molecule is CCOc1ccc2c(c1)c(C(=O)C(=O)NC1CC1)c(C(F)(F)F)n2Cc1ccc(Cl)cc1Cl. The van der Waals surface area contributed by atoms with Crippen molar-refractivity contribution in [1.82, 2.24) is 9.88 Å². The molecule has 4 rings (SSSR count). The predicted molar refractivity (Wildman–Crippen MR) is 119 cm³/mol. The van der Waals surface area contributed by atoms with Crippen LogP contribution in [0, 0.1) is 0 Å². The van der Waals surface area contributed by atoms with E-state index in [1.165, 1.54) is 36.4 Å². The number of carbonyl (C=O) groups excluding carboxylic acids is 2. The van der Waals surface area contributed by atoms with Gasteiger partial charge in [0.05, 0.1) is 12.2 Å². The molecule has 1 fully saturated rings. The number of nitrogens with one attached hydrogen (secondary N) is 1. The van der Waals surface area contributed by atoms with Crippen molar-refractivity contribution in [3.63, 3.8) is 0 Å². The fraction of sp³-hybridized carbons (Fsp3) is 0.304. The Morgan fingerprint density at radius 1 is 1.15 bits per heavy atom. The van der Waals surface area contributed by atoms with Crippen LogP contribution in [0.15, 0.2) is 36.4 Å². The number of nitrogens with zero attached hydrogens (tertiary/aromatic N) is 1. The van der Waals surface area contributed by atoms with Crippen LogP contribution in [-0.2, 0) is 17.5 Å². The number of hydrogen-bond donors (Lipinski definition) is 1. The second-order valence-electron chi connectivity index (χ2n) is 7.73. The summed E-state index contributed by atoms with van der Waals surface area (Å²) in [5.41, 5.74) is -1.42. The lowest BCUT2D eigenvalue weighted by atomic mass is 10.0. The van der Waals surface area contributed by atoms with E-state index in [9.17, 15) is 22.8 Å². The minimum Gasteiger partial charge on any atom is -0.494 e. The molecule has 33 heavy (non-hydrogen) atoms. The van der Waals surface area contributed by atoms with Crippen molar-refractivity contribution < 1.29 is 27.5 Å². The normalized spacial score (nSPS) is 13.9. The van der Waals surface area contributed by atoms with E-state index in [2.05, 4.69) is 5.32 Å². The second-order valence-corrected chi connectivity index (χ2v) is 8.58. The van der Waals surface area contributed by atoms with Gasteiger partial charge in [0.15, 0.2) is 0 Å². The molecule has 1 saturated carbocycles. The standard InChI is InChI=1S/C23H19Cl2F3N2O3/c1-2-33-15-7-8-18-16(10-15)19(20(31)22(32)29-14-5-6-14)21(23(26,27)28)30(18)11-12-3-4-13(24)9-17(12)25/h3-4,7-10,14H,2,5-6,11H2,1H3,(H,29,32). The first kappa shape index (κ1) is 23.4. The van der Waals surface area contributed by atoms with Gasteiger partial charge in [0, 0.05) is 33.5 Å². The average Bonchev–Trinajstić information content (AvgIpc) is 3.49. The molecule has 1 amide bonds. The van der Waals surface area contributed by atoms with Gasteiger partial charge in [0.1, 0.15) is 11.4 Å². The van der Waals surface area contributed by atoms with Crippen LogP contribution in [0.5, 0.6) is 5.75 Å². The molecule has 0 atom stereocenters. The third kappa shape index (κ3) is 4.82. The first-order valence-electron chi connectivity index (χ1n) is 10.3. The molecule has 0 radical (unpaired) electrons. The maximum atomic E-state index is 14.4. The predicted octanol–water partition coefficient (Wildman–Crippen LogP) is 5.88. The Balaban J connectivity index is 1.95. The summed E-state index contributed by atoms with van der Waals surface area (Å²) in [5.74, 6) is -2.01. The van der Waals surface area contributed by atoms with Crippen LogP contribution in [0.25, 0.3) is 10.9 Å². The third-order valence-electron chi connectivity index (χ3n) is 5.30. The van der Waals surface area contributed by atoms with E-state index >= 15 is 0 Å². The van der Waals surface area contributed by atoms with Crippen LogP contribution in [0.2, 0.25) is 10.0 Å². The summed E-state index contributed by atoms with van der Waals surface area (Å²) in [4.78, 5) is 25.5. The highest BCUT2D eigenvalue weighted by Gasteiger charge is 2.43. The van der Waals surface area contributed by atoms with E-state index in [1.807, 2.05) is 0 Å². The van der Waals surface area contributed by atoms with E-state index in [0.29, 0.717) is 23.4 Å². The Morgan fingerprint density at radius 2 is 1.88 bits per heavy atom. The molecule has 0 saturated heterocycles. The topological polar surface area (TPSA) is 60.3 Å². The number of carbonyl (C=O) groups is 2. The van der Waals surface area contributed by atoms with Crippen molar-refractivity contribution in [2.45, 2.75) is 38.5 Å². The number of aromatic nitrogens is 1. The number of halogens is 5. The number of Topliss-reactive ketones (excluding diaryl/α,β-unsaturated/α-hetero) is 1. The highest BCUT2D eigenvalue weighted by Crippen LogP contribution is 2.40. The minimum absolute atomic E-state index is 0.0192. The lowest BCUT2D eigenvalue weighted by Gasteiger charge is -2.15. The molecule has 1 aliphatic rings. The Morgan fingerprint density at radius 3 is 2.48 bits per heavy atom. The molecule has 174 valence electrons. The van der Waals surface area contributed by atoms with Crippen molar-refractivity contribution >= 4 is 45.8 Å². The van der Waals surface area contributed by atoms with Crippen molar-refractivity contribution in [1.29, 1.82) is 0 Å². The summed E-state index contributed by atoms with van der Waals surface area (Å²) < 4.78 is 49.5. The summed E-state index contributed by atoms with van der Waals surface area (Å²) in [7, 11) is 0. The number of rotatable bonds is 7. The molecule has 10 heteroatoms. The smallest absolute Gasteiger partial charge is 0.432 e. The Labute approximate surface area is 197 Å². The molecule has 1 heterocycles. The average molecular weight is 499 g/mol. The molecule has 1 aliphatic carbocycles. The number of benzene rings is 2. The molecule has 0 aliphatic heterocycles. The minimum atomic E-state index is -4.92. The number of hydrogen-bond acceptors (Lipinski definition) is 3. The summed E-state index contributed by atoms with van der Waals surface area (Å²) >= 11 is 12.1. The van der Waals surface area contributed by atoms with Gasteiger partial charge in [-0.1, -0.05) is 29.3 Å². The zero-order chi connectivity index (χ0) is 23.9. The largest absolute Gasteiger partial charge is 0.494 e. The molecule has 1 aromatic heterocycles. The Hall–Kier alpha value is -2.71. The number of fused-ring (bicyclic) bond motifs is 1. The van der Waals surface area contributed by atoms with Gasteiger partial charge in [-0.3, -0.25) is 9.59 Å². The summed E-state index contributed by atoms with van der Waals surface area (Å²) in [6.45, 7) is 1.73. The van der Waals surface area contributed by atoms with Gasteiger partial charge < -0.3 is 14.6 Å². The van der Waals surface area contributed by atoms with Crippen LogP contribution < -0.4 is 10.1 Å². The van der Waals surface area contributed by atoms with Gasteiger partial charge in [0.2, 0.25) is 0 Å². The van der Waals surface area contributed by atoms with Crippen LogP contribution >= 0.6 is 23.2 Å². The lowest BCUT2D eigenvalue weighted by molar-refractivity contribution is -0.143. The summed E-state index contributed by atoms with van der Waals surface area (Å²) in [6.07, 6.45) is -3.54. The van der Waals surface area contributed by atoms with E-state index in [-0.39, 0.29) is 40.9 Å². The molecule has 0 spiro atoms. The third-order valence-corrected chi connectivity index (χ3v) is 5.89. The van der Waals surface area contributed by atoms with Crippen LogP contribution in [0.3, 0.4) is 0 Å². The van der Waals surface area contributed by atoms with Crippen molar-refractivity contribution in [2.24, 2.45) is 0 Å². The molecular weight excluding hydrogens is 480 g/mol. The maximum absolute atomic E-state index is 14.4. The fourth-order valence-corrected chi connectivity index (χ4v) is 4.16. The van der Waals surface area contributed by atoms with Crippen LogP contribution in [-0.4, -0.2) is 28.9 Å². The van der Waals surface area contributed by atoms with E-state index in [0.717, 1.165) is 4.57 Å². The zero-order valence-corrected chi connectivity index (χ0v) is 18.9. The Bertz CT molecular complexity index is 1250. The van der Waals surface area contributed by atoms with E-state index in [4.69, 9.17) is 27.9 Å². The quantitative estimate of drug-likeness (QED) is 0.327. The highest BCUT2D eigenvalue weighted by atomic mass is 35.5. The fourth-order valence-electron chi connectivity index (χ4n) is 3.69. The van der Waals surface area contributed by atoms with E-state index in [1.54, 1.807) is 6.92 Å². The summed E-state index contributed by atoms with van der Waals surface area (Å²) in [5, 5.41) is 2.98. The molecule has 0 unspecified atom stereocenters. The highest BCUT2D eigenvalue weighted by molar-refractivity contribution is 6.45. The molecule has 0 bridgehead atoms. The van der Waals surface area contributed by atoms with Crippen molar-refractivity contribution in [2.75, 3.05) is 6.61 Å². The van der Waals surface area contributed by atoms with E-state index < -0.39 is 29.1 Å². The van der Waals surface area contributed by atoms with Gasteiger partial charge in [0.25, 0.3) is 11.7 Å². The van der Waals surface area contributed by atoms with Gasteiger partial charge >= 0.3 is 6.18 Å². The van der Waals surface area contributed by atoms with Crippen LogP contribution in [0.1, 0.15) is 41.4 Å². The number of ether oxygens (including phenoxy) is 1. The monoisotopic (exact) mass is 498 g/mol. The first-order chi connectivity index (χ1) is 15.6. The Kier molecular flexibility index (Phi) is 6.33. The first-order valence-corrected chi connectivity index (χ1v) is 11.0. The van der Waals surface area contributed by atoms with Crippen LogP contribution in [0.4, 0.5) is 13.2 Å². The van der Waals surface area contributed by atoms with Gasteiger partial charge in [-0.05, 0) is 55.7 Å². The molecule has 1 N–H and O–H groups in total. The number of amides is 1. The van der Waals surface area contributed by atoms with Gasteiger partial charge in [-0.25, -0.2) is 0 Å². The number of ketones is 1. The number of alkyl halides is 3. The molecule has 5 nitrogen and oxygen atoms in total. The summed E-state index contributed by atoms with van der Waals surface area (Å²) in [6, 6.07) is 8.59. The van der Waals surface area contributed by atoms with Gasteiger partial charge in [-0.2, -0.15) is 13.2 Å². The molecule has 2 aromatic carbocycles. The second kappa shape index (κ2) is 8.91. The zero-order valence-electron chi connectivity index (χ0n) is 17.4. The molecule has 3 aromatic rings. The molecular formula is C23H19Cl2F3N2O3. The van der Waals surface area contributed by atoms with Gasteiger partial charge in [-0.15, -0.1) is 0 Å². The maximum Gasteiger partial charge on any atom is 0.432 e. The van der Waals surface area contributed by atoms with Crippen molar-refractivity contribution in [3.8, 4) is 5.75 Å². The van der Waals surface area contributed by atoms with Crippen molar-refractivity contribution in [3.05, 3.63) is 63.3 Å². The lowest BCUT2D eigenvalue weighted by Crippen LogP contribution is -2.34.